The summed E-state index contributed by atoms with van der Waals surface area (Å²) in [5.41, 5.74) is -0.00995. The fourth-order valence-electron chi connectivity index (χ4n) is 2.30. The van der Waals surface area contributed by atoms with E-state index >= 15 is 0 Å². The van der Waals surface area contributed by atoms with Crippen LogP contribution in [0.4, 0.5) is 0 Å². The number of nitrogens with zero attached hydrogens (tertiary/aromatic N) is 1. The number of amides is 1. The lowest BCUT2D eigenvalue weighted by Gasteiger charge is -2.36. The zero-order chi connectivity index (χ0) is 13.2. The highest BCUT2D eigenvalue weighted by Crippen LogP contribution is 2.26. The molecule has 1 N–H and O–H groups in total. The summed E-state index contributed by atoms with van der Waals surface area (Å²) in [7, 11) is 0. The number of carboxylic acid groups (broad SMARTS) is 1. The number of carbonyl (C=O) groups excluding carboxylic acids is 1. The molecule has 0 saturated carbocycles. The molecule has 1 aliphatic rings. The minimum Gasteiger partial charge on any atom is -0.481 e. The van der Waals surface area contributed by atoms with Crippen LogP contribution in [0.25, 0.3) is 0 Å². The Labute approximate surface area is 103 Å². The van der Waals surface area contributed by atoms with Crippen molar-refractivity contribution in [3.8, 4) is 0 Å². The Balaban J connectivity index is 2.55. The molecule has 0 aromatic rings. The van der Waals surface area contributed by atoms with E-state index in [4.69, 9.17) is 5.11 Å². The van der Waals surface area contributed by atoms with Gasteiger partial charge in [-0.2, -0.15) is 0 Å². The predicted molar refractivity (Wildman–Crippen MR) is 65.6 cm³/mol. The van der Waals surface area contributed by atoms with E-state index in [-0.39, 0.29) is 23.2 Å². The van der Waals surface area contributed by atoms with Crippen molar-refractivity contribution in [1.29, 1.82) is 0 Å². The molecule has 2 atom stereocenters. The largest absolute Gasteiger partial charge is 0.481 e. The monoisotopic (exact) mass is 241 g/mol. The van der Waals surface area contributed by atoms with Crippen molar-refractivity contribution >= 4 is 11.9 Å². The number of carboxylic acids is 1. The van der Waals surface area contributed by atoms with Gasteiger partial charge in [0.1, 0.15) is 0 Å². The van der Waals surface area contributed by atoms with Gasteiger partial charge in [-0.15, -0.1) is 0 Å². The van der Waals surface area contributed by atoms with E-state index in [9.17, 15) is 9.59 Å². The zero-order valence-electron chi connectivity index (χ0n) is 11.2. The molecule has 4 heteroatoms. The fraction of sp³-hybridized carbons (Fsp3) is 0.846. The SMILES string of the molecule is CC1CN(C(=O)CC(C)(C)C)CCC1C(=O)O. The summed E-state index contributed by atoms with van der Waals surface area (Å²) in [5.74, 6) is -0.840. The summed E-state index contributed by atoms with van der Waals surface area (Å²) >= 11 is 0. The first-order chi connectivity index (χ1) is 7.70. The van der Waals surface area contributed by atoms with Crippen molar-refractivity contribution in [1.82, 2.24) is 4.90 Å². The van der Waals surface area contributed by atoms with Gasteiger partial charge in [0.2, 0.25) is 5.91 Å². The second-order valence-corrected chi connectivity index (χ2v) is 6.29. The third kappa shape index (κ3) is 4.02. The second-order valence-electron chi connectivity index (χ2n) is 6.29. The van der Waals surface area contributed by atoms with E-state index in [0.717, 1.165) is 0 Å². The molecule has 98 valence electrons. The Morgan fingerprint density at radius 1 is 1.35 bits per heavy atom. The molecule has 4 nitrogen and oxygen atoms in total. The summed E-state index contributed by atoms with van der Waals surface area (Å²) in [6, 6.07) is 0. The summed E-state index contributed by atoms with van der Waals surface area (Å²) < 4.78 is 0. The summed E-state index contributed by atoms with van der Waals surface area (Å²) in [4.78, 5) is 24.8. The summed E-state index contributed by atoms with van der Waals surface area (Å²) in [5, 5.41) is 9.02. The second kappa shape index (κ2) is 5.07. The standard InChI is InChI=1S/C13H23NO3/c1-9-8-14(6-5-10(9)12(16)17)11(15)7-13(2,3)4/h9-10H,5-8H2,1-4H3,(H,16,17). The minimum absolute atomic E-state index is 0.00995. The topological polar surface area (TPSA) is 57.6 Å². The van der Waals surface area contributed by atoms with Gasteiger partial charge >= 0.3 is 5.97 Å². The highest BCUT2D eigenvalue weighted by atomic mass is 16.4. The van der Waals surface area contributed by atoms with E-state index in [2.05, 4.69) is 0 Å². The average Bonchev–Trinajstić information content (AvgIpc) is 2.14. The molecule has 1 rings (SSSR count). The molecular formula is C13H23NO3. The number of carbonyl (C=O) groups is 2. The van der Waals surface area contributed by atoms with Crippen molar-refractivity contribution in [3.05, 3.63) is 0 Å². The predicted octanol–water partition coefficient (Wildman–Crippen LogP) is 1.99. The Bertz CT molecular complexity index is 306. The molecular weight excluding hydrogens is 218 g/mol. The van der Waals surface area contributed by atoms with E-state index in [1.54, 1.807) is 0 Å². The molecule has 1 saturated heterocycles. The van der Waals surface area contributed by atoms with Crippen LogP contribution in [-0.2, 0) is 9.59 Å². The first-order valence-corrected chi connectivity index (χ1v) is 6.21. The fourth-order valence-corrected chi connectivity index (χ4v) is 2.30. The smallest absolute Gasteiger partial charge is 0.306 e. The quantitative estimate of drug-likeness (QED) is 0.804. The van der Waals surface area contributed by atoms with Crippen LogP contribution >= 0.6 is 0 Å². The minimum atomic E-state index is -0.736. The Morgan fingerprint density at radius 2 is 1.94 bits per heavy atom. The Hall–Kier alpha value is -1.06. The third-order valence-corrected chi connectivity index (χ3v) is 3.26. The Morgan fingerprint density at radius 3 is 2.35 bits per heavy atom. The molecule has 0 radical (unpaired) electrons. The van der Waals surface area contributed by atoms with Gasteiger partial charge in [-0.3, -0.25) is 9.59 Å². The van der Waals surface area contributed by atoms with Crippen LogP contribution in [0.2, 0.25) is 0 Å². The summed E-state index contributed by atoms with van der Waals surface area (Å²) in [6.07, 6.45) is 1.10. The lowest BCUT2D eigenvalue weighted by molar-refractivity contribution is -0.148. The van der Waals surface area contributed by atoms with Gasteiger partial charge in [-0.25, -0.2) is 0 Å². The van der Waals surface area contributed by atoms with Gasteiger partial charge in [0.05, 0.1) is 5.92 Å². The highest BCUT2D eigenvalue weighted by molar-refractivity contribution is 5.77. The van der Waals surface area contributed by atoms with Gasteiger partial charge in [-0.05, 0) is 17.8 Å². The third-order valence-electron chi connectivity index (χ3n) is 3.26. The van der Waals surface area contributed by atoms with Crippen molar-refractivity contribution < 1.29 is 14.7 Å². The number of piperidine rings is 1. The van der Waals surface area contributed by atoms with Crippen LogP contribution in [0, 0.1) is 17.3 Å². The molecule has 0 bridgehead atoms. The molecule has 1 heterocycles. The number of hydrogen-bond acceptors (Lipinski definition) is 2. The van der Waals surface area contributed by atoms with E-state index in [1.165, 1.54) is 0 Å². The van der Waals surface area contributed by atoms with Gasteiger partial charge in [0.15, 0.2) is 0 Å². The number of rotatable bonds is 2. The summed E-state index contributed by atoms with van der Waals surface area (Å²) in [6.45, 7) is 9.19. The van der Waals surface area contributed by atoms with Crippen molar-refractivity contribution in [2.24, 2.45) is 17.3 Å². The highest BCUT2D eigenvalue weighted by Gasteiger charge is 2.33. The molecule has 0 aliphatic carbocycles. The first kappa shape index (κ1) is 14.0. The van der Waals surface area contributed by atoms with E-state index in [0.29, 0.717) is 25.9 Å². The van der Waals surface area contributed by atoms with Crippen molar-refractivity contribution in [3.63, 3.8) is 0 Å². The van der Waals surface area contributed by atoms with E-state index in [1.807, 2.05) is 32.6 Å². The maximum atomic E-state index is 12.0. The number of hydrogen-bond donors (Lipinski definition) is 1. The zero-order valence-corrected chi connectivity index (χ0v) is 11.2. The van der Waals surface area contributed by atoms with Crippen LogP contribution in [0.15, 0.2) is 0 Å². The molecule has 2 unspecified atom stereocenters. The van der Waals surface area contributed by atoms with Crippen molar-refractivity contribution in [2.45, 2.75) is 40.5 Å². The molecule has 1 amide bonds. The van der Waals surface area contributed by atoms with Gasteiger partial charge in [0, 0.05) is 19.5 Å². The molecule has 1 fully saturated rings. The van der Waals surface area contributed by atoms with Crippen molar-refractivity contribution in [2.75, 3.05) is 13.1 Å². The molecule has 0 aromatic carbocycles. The Kier molecular flexibility index (Phi) is 4.17. The molecule has 17 heavy (non-hydrogen) atoms. The van der Waals surface area contributed by atoms with Crippen LogP contribution in [0.1, 0.15) is 40.5 Å². The van der Waals surface area contributed by atoms with Crippen LogP contribution < -0.4 is 0 Å². The van der Waals surface area contributed by atoms with Crippen LogP contribution in [0.3, 0.4) is 0 Å². The number of likely N-dealkylation sites (tertiary alicyclic amines) is 1. The van der Waals surface area contributed by atoms with Crippen LogP contribution in [0.5, 0.6) is 0 Å². The normalized spacial score (nSPS) is 25.8. The van der Waals surface area contributed by atoms with Gasteiger partial charge in [-0.1, -0.05) is 27.7 Å². The lowest BCUT2D eigenvalue weighted by atomic mass is 9.85. The molecule has 0 aromatic heterocycles. The molecule has 1 aliphatic heterocycles. The van der Waals surface area contributed by atoms with E-state index < -0.39 is 5.97 Å². The molecule has 0 spiro atoms. The maximum Gasteiger partial charge on any atom is 0.306 e. The lowest BCUT2D eigenvalue weighted by Crippen LogP contribution is -2.45. The van der Waals surface area contributed by atoms with Gasteiger partial charge in [0.25, 0.3) is 0 Å². The maximum absolute atomic E-state index is 12.0. The van der Waals surface area contributed by atoms with Crippen LogP contribution in [-0.4, -0.2) is 35.0 Å². The van der Waals surface area contributed by atoms with Gasteiger partial charge < -0.3 is 10.0 Å². The number of aliphatic carboxylic acids is 1. The first-order valence-electron chi connectivity index (χ1n) is 6.21. The average molecular weight is 241 g/mol.